The molecule has 4 nitrogen and oxygen atoms in total. The van der Waals surface area contributed by atoms with Gasteiger partial charge in [0.15, 0.2) is 0 Å². The molecule has 2 aromatic carbocycles. The van der Waals surface area contributed by atoms with Crippen LogP contribution < -0.4 is 10.6 Å². The summed E-state index contributed by atoms with van der Waals surface area (Å²) < 4.78 is 0. The van der Waals surface area contributed by atoms with E-state index >= 15 is 0 Å². The quantitative estimate of drug-likeness (QED) is 0.644. The van der Waals surface area contributed by atoms with E-state index in [0.717, 1.165) is 5.56 Å². The fraction of sp³-hybridized carbons (Fsp3) is 0.111. The molecule has 0 radical (unpaired) electrons. The van der Waals surface area contributed by atoms with Crippen molar-refractivity contribution in [1.29, 1.82) is 5.26 Å². The largest absolute Gasteiger partial charge is 0.383 e. The van der Waals surface area contributed by atoms with Crippen LogP contribution in [0.3, 0.4) is 0 Å². The lowest BCUT2D eigenvalue weighted by Gasteiger charge is -2.12. The number of hydrogen-bond acceptors (Lipinski definition) is 3. The Morgan fingerprint density at radius 1 is 1.17 bits per heavy atom. The number of hydrogen-bond donors (Lipinski definition) is 2. The summed E-state index contributed by atoms with van der Waals surface area (Å²) in [6, 6.07) is 18.4. The summed E-state index contributed by atoms with van der Waals surface area (Å²) >= 11 is 5.79. The van der Waals surface area contributed by atoms with Crippen LogP contribution in [-0.2, 0) is 4.79 Å². The van der Waals surface area contributed by atoms with Crippen molar-refractivity contribution in [2.45, 2.75) is 13.0 Å². The molecule has 2 aromatic rings. The molecule has 0 aromatic heterocycles. The fourth-order valence-corrected chi connectivity index (χ4v) is 2.05. The predicted octanol–water partition coefficient (Wildman–Crippen LogP) is 4.04. The van der Waals surface area contributed by atoms with Crippen LogP contribution in [0.1, 0.15) is 18.5 Å². The van der Waals surface area contributed by atoms with E-state index in [1.54, 1.807) is 24.3 Å². The van der Waals surface area contributed by atoms with E-state index in [9.17, 15) is 4.79 Å². The number of anilines is 1. The van der Waals surface area contributed by atoms with Gasteiger partial charge in [-0.2, -0.15) is 5.26 Å². The standard InChI is InChI=1S/C18H16ClN3O/c1-13(14-5-3-2-4-6-14)21-12-15(11-20)18(23)22-17-9-7-16(19)8-10-17/h2-10,12-13,21H,1H3,(H,22,23)/b15-12-. The third-order valence-electron chi connectivity index (χ3n) is 3.24. The summed E-state index contributed by atoms with van der Waals surface area (Å²) in [5.74, 6) is -0.470. The molecule has 0 saturated carbocycles. The molecular formula is C18H16ClN3O. The number of nitrogens with one attached hydrogen (secondary N) is 2. The van der Waals surface area contributed by atoms with E-state index in [4.69, 9.17) is 16.9 Å². The number of amides is 1. The predicted molar refractivity (Wildman–Crippen MR) is 91.8 cm³/mol. The second-order valence-corrected chi connectivity index (χ2v) is 5.37. The molecule has 0 fully saturated rings. The van der Waals surface area contributed by atoms with Crippen LogP contribution in [-0.4, -0.2) is 5.91 Å². The highest BCUT2D eigenvalue weighted by atomic mass is 35.5. The Morgan fingerprint density at radius 3 is 2.43 bits per heavy atom. The first-order valence-electron chi connectivity index (χ1n) is 7.08. The third kappa shape index (κ3) is 4.87. The monoisotopic (exact) mass is 325 g/mol. The average Bonchev–Trinajstić information content (AvgIpc) is 2.58. The van der Waals surface area contributed by atoms with Crippen molar-refractivity contribution in [3.63, 3.8) is 0 Å². The molecule has 1 unspecified atom stereocenters. The summed E-state index contributed by atoms with van der Waals surface area (Å²) in [6.07, 6.45) is 1.43. The Bertz CT molecular complexity index is 733. The maximum absolute atomic E-state index is 12.1. The molecule has 0 saturated heterocycles. The first-order valence-corrected chi connectivity index (χ1v) is 7.46. The van der Waals surface area contributed by atoms with E-state index in [0.29, 0.717) is 10.7 Å². The lowest BCUT2D eigenvalue weighted by Crippen LogP contribution is -2.18. The van der Waals surface area contributed by atoms with Crippen molar-refractivity contribution < 1.29 is 4.79 Å². The molecule has 23 heavy (non-hydrogen) atoms. The van der Waals surface area contributed by atoms with Crippen molar-refractivity contribution >= 4 is 23.2 Å². The average molecular weight is 326 g/mol. The summed E-state index contributed by atoms with van der Waals surface area (Å²) in [5.41, 5.74) is 1.65. The molecule has 2 rings (SSSR count). The molecule has 5 heteroatoms. The van der Waals surface area contributed by atoms with Gasteiger partial charge in [-0.1, -0.05) is 41.9 Å². The highest BCUT2D eigenvalue weighted by Gasteiger charge is 2.10. The fourth-order valence-electron chi connectivity index (χ4n) is 1.93. The van der Waals surface area contributed by atoms with Gasteiger partial charge in [-0.3, -0.25) is 4.79 Å². The van der Waals surface area contributed by atoms with Crippen molar-refractivity contribution in [2.24, 2.45) is 0 Å². The van der Waals surface area contributed by atoms with Gasteiger partial charge in [-0.05, 0) is 36.8 Å². The smallest absolute Gasteiger partial charge is 0.267 e. The van der Waals surface area contributed by atoms with E-state index < -0.39 is 5.91 Å². The number of carbonyl (C=O) groups excluding carboxylic acids is 1. The van der Waals surface area contributed by atoms with Crippen molar-refractivity contribution in [3.05, 3.63) is 77.0 Å². The van der Waals surface area contributed by atoms with Crippen LogP contribution in [0, 0.1) is 11.3 Å². The lowest BCUT2D eigenvalue weighted by atomic mass is 10.1. The van der Waals surface area contributed by atoms with Crippen LogP contribution >= 0.6 is 11.6 Å². The van der Waals surface area contributed by atoms with Crippen LogP contribution in [0.25, 0.3) is 0 Å². The summed E-state index contributed by atoms with van der Waals surface area (Å²) in [5, 5.41) is 15.5. The number of halogens is 1. The maximum atomic E-state index is 12.1. The molecule has 0 aliphatic heterocycles. The Morgan fingerprint density at radius 2 is 1.83 bits per heavy atom. The second-order valence-electron chi connectivity index (χ2n) is 4.93. The van der Waals surface area contributed by atoms with E-state index in [-0.39, 0.29) is 11.6 Å². The Balaban J connectivity index is 2.02. The van der Waals surface area contributed by atoms with E-state index in [1.165, 1.54) is 6.20 Å². The van der Waals surface area contributed by atoms with Gasteiger partial charge in [0.05, 0.1) is 0 Å². The zero-order valence-corrected chi connectivity index (χ0v) is 13.3. The van der Waals surface area contributed by atoms with Crippen molar-refractivity contribution in [1.82, 2.24) is 5.32 Å². The molecule has 2 N–H and O–H groups in total. The highest BCUT2D eigenvalue weighted by molar-refractivity contribution is 6.30. The molecule has 116 valence electrons. The maximum Gasteiger partial charge on any atom is 0.267 e. The summed E-state index contributed by atoms with van der Waals surface area (Å²) in [4.78, 5) is 12.1. The minimum atomic E-state index is -0.470. The van der Waals surface area contributed by atoms with Crippen LogP contribution in [0.2, 0.25) is 5.02 Å². The highest BCUT2D eigenvalue weighted by Crippen LogP contribution is 2.15. The number of carbonyl (C=O) groups is 1. The van der Waals surface area contributed by atoms with Gasteiger partial charge in [0.25, 0.3) is 5.91 Å². The number of benzene rings is 2. The van der Waals surface area contributed by atoms with Gasteiger partial charge in [-0.25, -0.2) is 0 Å². The molecular weight excluding hydrogens is 310 g/mol. The van der Waals surface area contributed by atoms with E-state index in [2.05, 4.69) is 10.6 Å². The molecule has 0 spiro atoms. The Hall–Kier alpha value is -2.77. The van der Waals surface area contributed by atoms with Gasteiger partial charge in [-0.15, -0.1) is 0 Å². The number of rotatable bonds is 5. The number of nitriles is 1. The van der Waals surface area contributed by atoms with Crippen molar-refractivity contribution in [2.75, 3.05) is 5.32 Å². The summed E-state index contributed by atoms with van der Waals surface area (Å²) in [6.45, 7) is 1.96. The lowest BCUT2D eigenvalue weighted by molar-refractivity contribution is -0.112. The van der Waals surface area contributed by atoms with Gasteiger partial charge < -0.3 is 10.6 Å². The van der Waals surface area contributed by atoms with Gasteiger partial charge in [0.2, 0.25) is 0 Å². The van der Waals surface area contributed by atoms with Crippen LogP contribution in [0.4, 0.5) is 5.69 Å². The van der Waals surface area contributed by atoms with E-state index in [1.807, 2.05) is 43.3 Å². The number of nitrogens with zero attached hydrogens (tertiary/aromatic N) is 1. The second kappa shape index (κ2) is 8.02. The van der Waals surface area contributed by atoms with Crippen LogP contribution in [0.15, 0.2) is 66.4 Å². The first kappa shape index (κ1) is 16.6. The molecule has 0 bridgehead atoms. The normalized spacial score (nSPS) is 12.1. The SMILES string of the molecule is CC(N/C=C(/C#N)C(=O)Nc1ccc(Cl)cc1)c1ccccc1. The zero-order valence-electron chi connectivity index (χ0n) is 12.6. The Labute approximate surface area is 140 Å². The third-order valence-corrected chi connectivity index (χ3v) is 3.50. The molecule has 0 aliphatic rings. The molecule has 0 aliphatic carbocycles. The van der Waals surface area contributed by atoms with Crippen molar-refractivity contribution in [3.8, 4) is 6.07 Å². The van der Waals surface area contributed by atoms with Gasteiger partial charge >= 0.3 is 0 Å². The zero-order chi connectivity index (χ0) is 16.7. The Kier molecular flexibility index (Phi) is 5.79. The van der Waals surface area contributed by atoms with Gasteiger partial charge in [0, 0.05) is 23.0 Å². The first-order chi connectivity index (χ1) is 11.1. The van der Waals surface area contributed by atoms with Gasteiger partial charge in [0.1, 0.15) is 11.6 Å². The summed E-state index contributed by atoms with van der Waals surface area (Å²) in [7, 11) is 0. The molecule has 0 heterocycles. The minimum Gasteiger partial charge on any atom is -0.383 e. The van der Waals surface area contributed by atoms with Crippen LogP contribution in [0.5, 0.6) is 0 Å². The minimum absolute atomic E-state index is 0.00253. The topological polar surface area (TPSA) is 64.9 Å². The molecule has 1 amide bonds. The molecule has 1 atom stereocenters.